The minimum absolute atomic E-state index is 0.0238. The van der Waals surface area contributed by atoms with E-state index in [1.807, 2.05) is 0 Å². The predicted octanol–water partition coefficient (Wildman–Crippen LogP) is -2.00. The molecule has 1 unspecified atom stereocenters. The van der Waals surface area contributed by atoms with E-state index in [1.165, 1.54) is 25.1 Å². The highest BCUT2D eigenvalue weighted by Gasteiger charge is 2.69. The number of benzene rings is 1. The maximum Gasteiger partial charge on any atom is 0.255 e. The molecular weight excluding hydrogens is 412 g/mol. The molecule has 1 aromatic carbocycles. The Morgan fingerprint density at radius 2 is 1.74 bits per heavy atom. The molecule has 4 rings (SSSR count). The van der Waals surface area contributed by atoms with E-state index in [-0.39, 0.29) is 11.1 Å². The Morgan fingerprint density at radius 3 is 2.32 bits per heavy atom. The summed E-state index contributed by atoms with van der Waals surface area (Å²) in [6.45, 7) is 1.21. The minimum atomic E-state index is -3.09. The van der Waals surface area contributed by atoms with Gasteiger partial charge in [0.05, 0.1) is 40.7 Å². The minimum Gasteiger partial charge on any atom is -0.508 e. The molecule has 11 nitrogen and oxygen atoms in total. The molecule has 0 spiro atoms. The molecule has 1 amide bonds. The maximum absolute atomic E-state index is 13.4. The molecule has 1 aromatic rings. The fourth-order valence-corrected chi connectivity index (χ4v) is 5.12. The largest absolute Gasteiger partial charge is 0.508 e. The van der Waals surface area contributed by atoms with E-state index in [1.54, 1.807) is 0 Å². The van der Waals surface area contributed by atoms with Gasteiger partial charge < -0.3 is 42.1 Å². The van der Waals surface area contributed by atoms with E-state index in [0.717, 1.165) is 0 Å². The van der Waals surface area contributed by atoms with Crippen LogP contribution in [-0.2, 0) is 20.0 Å². The molecule has 0 aromatic heterocycles. The van der Waals surface area contributed by atoms with Crippen LogP contribution in [0.1, 0.15) is 18.1 Å². The van der Waals surface area contributed by atoms with E-state index in [2.05, 4.69) is 0 Å². The Balaban J connectivity index is 2.09. The number of aliphatic hydroxyl groups excluding tert-OH is 3. The van der Waals surface area contributed by atoms with Gasteiger partial charge >= 0.3 is 0 Å². The van der Waals surface area contributed by atoms with E-state index >= 15 is 0 Å². The number of carbonyl (C=O) groups is 3. The summed E-state index contributed by atoms with van der Waals surface area (Å²) >= 11 is 0. The van der Waals surface area contributed by atoms with Crippen LogP contribution < -0.4 is 11.5 Å². The summed E-state index contributed by atoms with van der Waals surface area (Å²) in [7, 11) is 0. The summed E-state index contributed by atoms with van der Waals surface area (Å²) in [5.41, 5.74) is 3.65. The van der Waals surface area contributed by atoms with Crippen LogP contribution in [-0.4, -0.2) is 65.9 Å². The molecule has 0 radical (unpaired) electrons. The molecule has 164 valence electrons. The zero-order valence-electron chi connectivity index (χ0n) is 16.1. The van der Waals surface area contributed by atoms with Crippen molar-refractivity contribution in [2.45, 2.75) is 30.3 Å². The van der Waals surface area contributed by atoms with Gasteiger partial charge in [-0.05, 0) is 18.6 Å². The van der Waals surface area contributed by atoms with Crippen molar-refractivity contribution in [1.29, 1.82) is 0 Å². The summed E-state index contributed by atoms with van der Waals surface area (Å²) in [5.74, 6) is -10.3. The van der Waals surface area contributed by atoms with Crippen LogP contribution in [0, 0.1) is 11.8 Å². The second kappa shape index (κ2) is 6.14. The molecule has 3 aliphatic carbocycles. The molecule has 0 saturated heterocycles. The number of rotatable bonds is 1. The molecule has 1 fully saturated rings. The number of aromatic hydroxyl groups is 1. The Labute approximate surface area is 174 Å². The topological polar surface area (TPSA) is 225 Å². The maximum atomic E-state index is 13.4. The lowest BCUT2D eigenvalue weighted by atomic mass is 9.53. The smallest absolute Gasteiger partial charge is 0.255 e. The van der Waals surface area contributed by atoms with Crippen molar-refractivity contribution >= 4 is 23.2 Å². The molecule has 10 N–H and O–H groups in total. The normalized spacial score (nSPS) is 37.3. The average Bonchev–Trinajstić information content (AvgIpc) is 2.67. The first-order chi connectivity index (χ1) is 14.3. The second-order valence-electron chi connectivity index (χ2n) is 8.18. The summed E-state index contributed by atoms with van der Waals surface area (Å²) in [6, 6.07) is 2.07. The van der Waals surface area contributed by atoms with Crippen LogP contribution >= 0.6 is 0 Å². The second-order valence-corrected chi connectivity index (χ2v) is 8.18. The van der Waals surface area contributed by atoms with Crippen molar-refractivity contribution in [3.05, 3.63) is 46.2 Å². The van der Waals surface area contributed by atoms with Crippen molar-refractivity contribution in [3.8, 4) is 5.75 Å². The molecule has 0 bridgehead atoms. The summed E-state index contributed by atoms with van der Waals surface area (Å²) in [4.78, 5) is 37.6. The number of aliphatic hydroxyl groups is 5. The monoisotopic (exact) mass is 432 g/mol. The Morgan fingerprint density at radius 1 is 1.13 bits per heavy atom. The van der Waals surface area contributed by atoms with Crippen LogP contribution in [0.15, 0.2) is 35.1 Å². The van der Waals surface area contributed by atoms with Crippen LogP contribution in [0.5, 0.6) is 5.75 Å². The van der Waals surface area contributed by atoms with E-state index in [0.29, 0.717) is 0 Å². The number of hydrogen-bond donors (Lipinski definition) is 8. The van der Waals surface area contributed by atoms with E-state index in [4.69, 9.17) is 11.5 Å². The number of hydrogen-bond acceptors (Lipinski definition) is 10. The summed E-state index contributed by atoms with van der Waals surface area (Å²) < 4.78 is 0. The van der Waals surface area contributed by atoms with Gasteiger partial charge in [-0.3, -0.25) is 14.4 Å². The number of Topliss-reactive ketones (excluding diaryl/α,β-unsaturated/α-hetero) is 2. The van der Waals surface area contributed by atoms with Crippen LogP contribution in [0.3, 0.4) is 0 Å². The summed E-state index contributed by atoms with van der Waals surface area (Å²) in [5, 5.41) is 65.1. The first kappa shape index (κ1) is 21.0. The zero-order valence-corrected chi connectivity index (χ0v) is 16.1. The van der Waals surface area contributed by atoms with Gasteiger partial charge in [0.25, 0.3) is 5.91 Å². The number of amides is 1. The van der Waals surface area contributed by atoms with Crippen LogP contribution in [0.25, 0.3) is 5.76 Å². The van der Waals surface area contributed by atoms with Gasteiger partial charge in [-0.25, -0.2) is 0 Å². The fourth-order valence-electron chi connectivity index (χ4n) is 5.12. The fraction of sp³-hybridized carbons (Fsp3) is 0.350. The first-order valence-electron chi connectivity index (χ1n) is 9.26. The lowest BCUT2D eigenvalue weighted by Crippen LogP contribution is -2.71. The highest BCUT2D eigenvalue weighted by atomic mass is 16.4. The zero-order chi connectivity index (χ0) is 23.2. The molecule has 3 aliphatic rings. The van der Waals surface area contributed by atoms with Crippen molar-refractivity contribution in [2.24, 2.45) is 23.3 Å². The number of ketones is 2. The molecule has 6 atom stereocenters. The van der Waals surface area contributed by atoms with Crippen LogP contribution in [0.4, 0.5) is 0 Å². The van der Waals surface area contributed by atoms with Gasteiger partial charge in [0.2, 0.25) is 5.78 Å². The van der Waals surface area contributed by atoms with Crippen molar-refractivity contribution in [1.82, 2.24) is 0 Å². The van der Waals surface area contributed by atoms with Gasteiger partial charge in [0.15, 0.2) is 11.4 Å². The highest BCUT2D eigenvalue weighted by molar-refractivity contribution is 6.24. The van der Waals surface area contributed by atoms with Gasteiger partial charge in [0.1, 0.15) is 22.8 Å². The number of phenolic OH excluding ortho intramolecular Hbond substituents is 1. The van der Waals surface area contributed by atoms with Gasteiger partial charge in [-0.1, -0.05) is 12.1 Å². The Bertz CT molecular complexity index is 1140. The Kier molecular flexibility index (Phi) is 4.16. The quantitative estimate of drug-likeness (QED) is 0.228. The number of phenols is 1. The predicted molar refractivity (Wildman–Crippen MR) is 102 cm³/mol. The lowest BCUT2D eigenvalue weighted by Gasteiger charge is -2.54. The van der Waals surface area contributed by atoms with Crippen LogP contribution in [0.2, 0.25) is 0 Å². The third-order valence-corrected chi connectivity index (χ3v) is 6.56. The Hall–Kier alpha value is -3.25. The highest BCUT2D eigenvalue weighted by Crippen LogP contribution is 2.56. The molecule has 0 aliphatic heterocycles. The van der Waals surface area contributed by atoms with Gasteiger partial charge in [-0.2, -0.15) is 0 Å². The molecule has 1 saturated carbocycles. The third kappa shape index (κ3) is 2.28. The average molecular weight is 432 g/mol. The van der Waals surface area contributed by atoms with Crippen molar-refractivity contribution < 1.29 is 45.0 Å². The molecule has 11 heteroatoms. The number of carbonyl (C=O) groups excluding carboxylic acids is 3. The lowest BCUT2D eigenvalue weighted by molar-refractivity contribution is -0.175. The van der Waals surface area contributed by atoms with Gasteiger partial charge in [0, 0.05) is 0 Å². The number of fused-ring (bicyclic) bond motifs is 3. The summed E-state index contributed by atoms with van der Waals surface area (Å²) in [6.07, 6.45) is -1.94. The van der Waals surface area contributed by atoms with Crippen molar-refractivity contribution in [3.63, 3.8) is 0 Å². The third-order valence-electron chi connectivity index (χ3n) is 6.56. The molecule has 0 heterocycles. The van der Waals surface area contributed by atoms with E-state index < -0.39 is 81.1 Å². The SMILES string of the molecule is C[C@@]1(O)c2cccc(O)c2C(O)=C2C(=O)[C@]3(O)C(O)=C(C(N)=O)C(=O)[C@@H](N)[C@@H]3[C@@H](O)C21. The standard InChI is InChI=1S/C20H20N2O9/c1-19(30)5-3-2-4-6(23)7(5)13(24)8-10(19)15(26)11-12(21)14(25)9(18(22)29)17(28)20(11,31)16(8)27/h2-4,10-12,15,23-24,26,28,30-31H,21H2,1H3,(H2,22,29)/t10?,11-,12+,15+,19-,20+/m1/s1. The van der Waals surface area contributed by atoms with Crippen molar-refractivity contribution in [2.75, 3.05) is 0 Å². The van der Waals surface area contributed by atoms with E-state index in [9.17, 15) is 45.0 Å². The first-order valence-corrected chi connectivity index (χ1v) is 9.26. The number of nitrogens with two attached hydrogens (primary N) is 2. The molecule has 31 heavy (non-hydrogen) atoms. The molecular formula is C20H20N2O9. The number of primary amides is 1. The van der Waals surface area contributed by atoms with Gasteiger partial charge in [-0.15, -0.1) is 0 Å².